The van der Waals surface area contributed by atoms with Crippen molar-refractivity contribution in [2.24, 2.45) is 0 Å². The number of nitro groups is 1. The van der Waals surface area contributed by atoms with Crippen molar-refractivity contribution in [1.82, 2.24) is 0 Å². The van der Waals surface area contributed by atoms with Crippen molar-refractivity contribution in [3.05, 3.63) is 27.8 Å². The first-order valence-electron chi connectivity index (χ1n) is 8.31. The van der Waals surface area contributed by atoms with E-state index >= 15 is 0 Å². The first-order chi connectivity index (χ1) is 12.4. The average Bonchev–Trinajstić information content (AvgIpc) is 2.62. The van der Waals surface area contributed by atoms with Crippen LogP contribution in [0.5, 0.6) is 11.5 Å². The van der Waals surface area contributed by atoms with Crippen molar-refractivity contribution in [2.75, 3.05) is 33.5 Å². The second kappa shape index (κ2) is 11.3. The van der Waals surface area contributed by atoms with Crippen LogP contribution in [-0.4, -0.2) is 49.5 Å². The first-order valence-corrected chi connectivity index (χ1v) is 8.31. The van der Waals surface area contributed by atoms with E-state index in [4.69, 9.17) is 24.1 Å². The normalized spacial score (nSPS) is 11.7. The summed E-state index contributed by atoms with van der Waals surface area (Å²) in [7, 11) is 1.43. The highest BCUT2D eigenvalue weighted by Crippen LogP contribution is 2.38. The van der Waals surface area contributed by atoms with E-state index < -0.39 is 11.0 Å². The molecular weight excluding hydrogens is 346 g/mol. The Bertz CT molecular complexity index is 605. The number of aliphatic hydroxyl groups is 1. The van der Waals surface area contributed by atoms with Crippen LogP contribution in [0.15, 0.2) is 12.1 Å². The Morgan fingerprint density at radius 1 is 1.31 bits per heavy atom. The lowest BCUT2D eigenvalue weighted by Crippen LogP contribution is -2.09. The van der Waals surface area contributed by atoms with Gasteiger partial charge in [0.25, 0.3) is 5.69 Å². The predicted molar refractivity (Wildman–Crippen MR) is 92.5 cm³/mol. The largest absolute Gasteiger partial charge is 0.493 e. The van der Waals surface area contributed by atoms with E-state index in [1.165, 1.54) is 19.2 Å². The SMILES string of the molecule is CCOC(=O)CCCOc1cc([N+](=O)[O-])c(C(C)OCCO)cc1OC. The van der Waals surface area contributed by atoms with Crippen molar-refractivity contribution in [3.63, 3.8) is 0 Å². The van der Waals surface area contributed by atoms with Crippen LogP contribution in [-0.2, 0) is 14.3 Å². The molecule has 0 aromatic heterocycles. The Kier molecular flexibility index (Phi) is 9.38. The summed E-state index contributed by atoms with van der Waals surface area (Å²) < 4.78 is 21.0. The molecule has 26 heavy (non-hydrogen) atoms. The highest BCUT2D eigenvalue weighted by molar-refractivity contribution is 5.69. The van der Waals surface area contributed by atoms with Gasteiger partial charge in [-0.15, -0.1) is 0 Å². The monoisotopic (exact) mass is 371 g/mol. The minimum absolute atomic E-state index is 0.0622. The topological polar surface area (TPSA) is 117 Å². The van der Waals surface area contributed by atoms with Crippen molar-refractivity contribution in [2.45, 2.75) is 32.8 Å². The first kappa shape index (κ1) is 21.7. The number of ether oxygens (including phenoxy) is 4. The number of hydrogen-bond acceptors (Lipinski definition) is 8. The zero-order chi connectivity index (χ0) is 19.5. The molecular formula is C17H25NO8. The van der Waals surface area contributed by atoms with E-state index in [-0.39, 0.29) is 43.6 Å². The summed E-state index contributed by atoms with van der Waals surface area (Å²) in [6.07, 6.45) is 0.00457. The lowest BCUT2D eigenvalue weighted by atomic mass is 10.1. The molecule has 0 saturated heterocycles. The molecule has 1 unspecified atom stereocenters. The summed E-state index contributed by atoms with van der Waals surface area (Å²) >= 11 is 0. The van der Waals surface area contributed by atoms with Crippen LogP contribution in [0.4, 0.5) is 5.69 Å². The summed E-state index contributed by atoms with van der Waals surface area (Å²) in [4.78, 5) is 22.2. The maximum absolute atomic E-state index is 11.4. The highest BCUT2D eigenvalue weighted by Gasteiger charge is 2.24. The number of nitro benzene ring substituents is 1. The maximum atomic E-state index is 11.4. The number of nitrogens with zero attached hydrogens (tertiary/aromatic N) is 1. The molecule has 0 saturated carbocycles. The van der Waals surface area contributed by atoms with Gasteiger partial charge < -0.3 is 24.1 Å². The van der Waals surface area contributed by atoms with Crippen LogP contribution in [0.3, 0.4) is 0 Å². The fraction of sp³-hybridized carbons (Fsp3) is 0.588. The van der Waals surface area contributed by atoms with Gasteiger partial charge in [0.05, 0.1) is 56.2 Å². The van der Waals surface area contributed by atoms with E-state index in [1.54, 1.807) is 13.8 Å². The molecule has 0 heterocycles. The van der Waals surface area contributed by atoms with Crippen LogP contribution in [0, 0.1) is 10.1 Å². The van der Waals surface area contributed by atoms with Crippen molar-refractivity contribution in [1.29, 1.82) is 0 Å². The van der Waals surface area contributed by atoms with Crippen molar-refractivity contribution >= 4 is 11.7 Å². The van der Waals surface area contributed by atoms with E-state index in [9.17, 15) is 14.9 Å². The second-order valence-electron chi connectivity index (χ2n) is 5.31. The minimum atomic E-state index is -0.602. The number of benzene rings is 1. The van der Waals surface area contributed by atoms with E-state index in [0.29, 0.717) is 24.3 Å². The zero-order valence-electron chi connectivity index (χ0n) is 15.2. The number of rotatable bonds is 12. The minimum Gasteiger partial charge on any atom is -0.493 e. The molecule has 1 rings (SSSR count). The maximum Gasteiger partial charge on any atom is 0.305 e. The fourth-order valence-electron chi connectivity index (χ4n) is 2.27. The summed E-state index contributed by atoms with van der Waals surface area (Å²) in [6, 6.07) is 2.76. The third-order valence-electron chi connectivity index (χ3n) is 3.49. The Morgan fingerprint density at radius 3 is 2.62 bits per heavy atom. The number of methoxy groups -OCH3 is 1. The van der Waals surface area contributed by atoms with Gasteiger partial charge in [0, 0.05) is 6.42 Å². The quantitative estimate of drug-likeness (QED) is 0.258. The van der Waals surface area contributed by atoms with Gasteiger partial charge in [-0.2, -0.15) is 0 Å². The van der Waals surface area contributed by atoms with Gasteiger partial charge in [-0.1, -0.05) is 0 Å². The third-order valence-corrected chi connectivity index (χ3v) is 3.49. The van der Waals surface area contributed by atoms with E-state index in [2.05, 4.69) is 0 Å². The summed E-state index contributed by atoms with van der Waals surface area (Å²) in [6.45, 7) is 3.76. The Morgan fingerprint density at radius 2 is 2.04 bits per heavy atom. The molecule has 1 N–H and O–H groups in total. The zero-order valence-corrected chi connectivity index (χ0v) is 15.2. The third kappa shape index (κ3) is 6.49. The lowest BCUT2D eigenvalue weighted by molar-refractivity contribution is -0.386. The van der Waals surface area contributed by atoms with Gasteiger partial charge in [-0.25, -0.2) is 0 Å². The Labute approximate surface area is 152 Å². The van der Waals surface area contributed by atoms with Gasteiger partial charge in [-0.05, 0) is 26.3 Å². The number of carbonyl (C=O) groups is 1. The molecule has 146 valence electrons. The fourth-order valence-corrected chi connectivity index (χ4v) is 2.27. The van der Waals surface area contributed by atoms with Crippen LogP contribution < -0.4 is 9.47 Å². The molecule has 0 fully saturated rings. The van der Waals surface area contributed by atoms with Gasteiger partial charge in [0.15, 0.2) is 11.5 Å². The molecule has 0 aliphatic rings. The molecule has 0 radical (unpaired) electrons. The molecule has 9 nitrogen and oxygen atoms in total. The number of hydrogen-bond donors (Lipinski definition) is 1. The Balaban J connectivity index is 2.90. The standard InChI is InChI=1S/C17H25NO8/c1-4-24-17(20)6-5-8-26-16-11-14(18(21)22)13(10-15(16)23-3)12(2)25-9-7-19/h10-12,19H,4-9H2,1-3H3. The number of aliphatic hydroxyl groups excluding tert-OH is 1. The average molecular weight is 371 g/mol. The Hall–Kier alpha value is -2.39. The molecule has 0 aliphatic heterocycles. The molecule has 1 atom stereocenters. The highest BCUT2D eigenvalue weighted by atomic mass is 16.6. The predicted octanol–water partition coefficient (Wildman–Crippen LogP) is 2.40. The van der Waals surface area contributed by atoms with Crippen LogP contribution >= 0.6 is 0 Å². The molecule has 0 spiro atoms. The number of esters is 1. The summed E-state index contributed by atoms with van der Waals surface area (Å²) in [5.41, 5.74) is 0.149. The van der Waals surface area contributed by atoms with Gasteiger partial charge in [0.2, 0.25) is 0 Å². The lowest BCUT2D eigenvalue weighted by Gasteiger charge is -2.16. The van der Waals surface area contributed by atoms with Gasteiger partial charge in [-0.3, -0.25) is 14.9 Å². The smallest absolute Gasteiger partial charge is 0.305 e. The van der Waals surface area contributed by atoms with Crippen molar-refractivity contribution in [3.8, 4) is 11.5 Å². The molecule has 0 bridgehead atoms. The van der Waals surface area contributed by atoms with Crippen molar-refractivity contribution < 1.29 is 33.8 Å². The van der Waals surface area contributed by atoms with Gasteiger partial charge in [0.1, 0.15) is 0 Å². The van der Waals surface area contributed by atoms with Crippen LogP contribution in [0.2, 0.25) is 0 Å². The summed E-state index contributed by atoms with van der Waals surface area (Å²) in [5, 5.41) is 20.2. The molecule has 0 amide bonds. The molecule has 9 heteroatoms. The summed E-state index contributed by atoms with van der Waals surface area (Å²) in [5.74, 6) is 0.210. The van der Waals surface area contributed by atoms with Gasteiger partial charge >= 0.3 is 5.97 Å². The molecule has 1 aromatic rings. The second-order valence-corrected chi connectivity index (χ2v) is 5.31. The van der Waals surface area contributed by atoms with Crippen LogP contribution in [0.1, 0.15) is 38.4 Å². The number of carbonyl (C=O) groups excluding carboxylic acids is 1. The van der Waals surface area contributed by atoms with E-state index in [1.807, 2.05) is 0 Å². The molecule has 0 aliphatic carbocycles. The van der Waals surface area contributed by atoms with E-state index in [0.717, 1.165) is 0 Å². The molecule has 1 aromatic carbocycles. The van der Waals surface area contributed by atoms with Crippen LogP contribution in [0.25, 0.3) is 0 Å².